The van der Waals surface area contributed by atoms with Crippen LogP contribution in [-0.2, 0) is 13.1 Å². The van der Waals surface area contributed by atoms with E-state index in [0.29, 0.717) is 48.6 Å². The van der Waals surface area contributed by atoms with Gasteiger partial charge in [-0.15, -0.1) is 19.7 Å². The molecule has 0 saturated carbocycles. The van der Waals surface area contributed by atoms with Crippen LogP contribution in [0.4, 0.5) is 8.78 Å². The quantitative estimate of drug-likeness (QED) is 0.120. The molecule has 1 aromatic carbocycles. The zero-order valence-corrected chi connectivity index (χ0v) is 22.2. The highest BCUT2D eigenvalue weighted by Gasteiger charge is 2.32. The molecule has 10 N–H and O–H groups in total. The first-order valence-corrected chi connectivity index (χ1v) is 12.2. The summed E-state index contributed by atoms with van der Waals surface area (Å²) in [6.07, 6.45) is 3.25. The van der Waals surface area contributed by atoms with Crippen molar-refractivity contribution in [2.75, 3.05) is 13.6 Å². The van der Waals surface area contributed by atoms with Crippen LogP contribution in [0.5, 0.6) is 0 Å². The Balaban J connectivity index is 0.000000696. The third-order valence-electron chi connectivity index (χ3n) is 5.88. The Morgan fingerprint density at radius 2 is 2.00 bits per heavy atom. The molecule has 1 aliphatic heterocycles. The number of rotatable bonds is 10. The maximum Gasteiger partial charge on any atom is 0.217 e. The van der Waals surface area contributed by atoms with E-state index in [1.165, 1.54) is 6.20 Å². The molecular formula is C28H42F2N8. The molecule has 1 aromatic heterocycles. The largest absolute Gasteiger partial charge is 0.403 e. The summed E-state index contributed by atoms with van der Waals surface area (Å²) in [7, 11) is 1.87. The molecule has 38 heavy (non-hydrogen) atoms. The molecular weight excluding hydrogens is 486 g/mol. The van der Waals surface area contributed by atoms with Crippen LogP contribution in [0.25, 0.3) is 0 Å². The van der Waals surface area contributed by atoms with Gasteiger partial charge in [0.05, 0.1) is 17.8 Å². The Bertz CT molecular complexity index is 1060. The molecule has 0 bridgehead atoms. The van der Waals surface area contributed by atoms with Gasteiger partial charge in [0.2, 0.25) is 5.95 Å². The van der Waals surface area contributed by atoms with Crippen molar-refractivity contribution >= 4 is 0 Å². The van der Waals surface area contributed by atoms with Crippen molar-refractivity contribution in [3.63, 3.8) is 0 Å². The van der Waals surface area contributed by atoms with E-state index in [9.17, 15) is 8.78 Å². The van der Waals surface area contributed by atoms with Gasteiger partial charge in [0, 0.05) is 55.6 Å². The van der Waals surface area contributed by atoms with Crippen molar-refractivity contribution in [3.05, 3.63) is 115 Å². The second kappa shape index (κ2) is 17.0. The van der Waals surface area contributed by atoms with Crippen LogP contribution in [0, 0.1) is 5.95 Å². The zero-order valence-electron chi connectivity index (χ0n) is 22.2. The van der Waals surface area contributed by atoms with Gasteiger partial charge in [0.15, 0.2) is 0 Å². The molecule has 1 unspecified atom stereocenters. The molecule has 8 nitrogen and oxygen atoms in total. The average Bonchev–Trinajstić information content (AvgIpc) is 3.26. The number of benzene rings is 1. The van der Waals surface area contributed by atoms with Crippen LogP contribution in [-0.4, -0.2) is 35.7 Å². The lowest BCUT2D eigenvalue weighted by Gasteiger charge is -2.28. The molecule has 0 spiro atoms. The fourth-order valence-electron chi connectivity index (χ4n) is 3.98. The van der Waals surface area contributed by atoms with Crippen LogP contribution < -0.4 is 33.8 Å². The number of halogens is 2. The molecule has 2 heterocycles. The molecule has 208 valence electrons. The van der Waals surface area contributed by atoms with E-state index in [1.54, 1.807) is 18.2 Å². The number of alkyl halides is 1. The number of nitrogens with zero attached hydrogens (tertiary/aromatic N) is 2. The maximum absolute atomic E-state index is 14.4. The van der Waals surface area contributed by atoms with Gasteiger partial charge < -0.3 is 22.5 Å². The number of hydrazine groups is 1. The number of hydrogen-bond donors (Lipinski definition) is 6. The van der Waals surface area contributed by atoms with Crippen LogP contribution in [0.2, 0.25) is 0 Å². The molecule has 3 atom stereocenters. The Hall–Kier alpha value is -3.57. The highest BCUT2D eigenvalue weighted by Crippen LogP contribution is 2.28. The normalized spacial score (nSPS) is 17.9. The number of likely N-dealkylation sites (tertiary alicyclic amines) is 1. The summed E-state index contributed by atoms with van der Waals surface area (Å²) in [6.45, 7) is 14.5. The van der Waals surface area contributed by atoms with E-state index in [-0.39, 0.29) is 12.6 Å². The Morgan fingerprint density at radius 1 is 1.29 bits per heavy atom. The van der Waals surface area contributed by atoms with E-state index in [1.807, 2.05) is 36.2 Å². The lowest BCUT2D eigenvalue weighted by Crippen LogP contribution is -2.35. The molecule has 0 amide bonds. The number of nitrogens with two attached hydrogens (primary N) is 4. The monoisotopic (exact) mass is 528 g/mol. The fraction of sp³-hybridized carbons (Fsp3) is 0.321. The standard InChI is InChI=1S/C21H28F2N6.C5H10N2.C2H4/c1-13(19-9-17(22)12-29(19)2)27-20(15-5-3-4-14(8-15)11-26-25)18-7-6-16(10-24)21(23)28-18;1-2-3-5(7)4-6;1-2/h3-8,17,19-20,26-27H,1,9-12,24-25H2,2H3;2,4H,1,3,6-7H2;1-2H2/b;5-4-;/t17-,19?,20+;;/m1../s1. The number of pyridine rings is 1. The van der Waals surface area contributed by atoms with Gasteiger partial charge in [0.25, 0.3) is 0 Å². The summed E-state index contributed by atoms with van der Waals surface area (Å²) in [5.74, 6) is 4.85. The fourth-order valence-corrected chi connectivity index (χ4v) is 3.98. The van der Waals surface area contributed by atoms with Crippen LogP contribution >= 0.6 is 0 Å². The van der Waals surface area contributed by atoms with Crippen molar-refractivity contribution in [2.24, 2.45) is 23.0 Å². The molecule has 1 saturated heterocycles. The Kier molecular flexibility index (Phi) is 14.6. The van der Waals surface area contributed by atoms with E-state index in [2.05, 4.69) is 42.0 Å². The summed E-state index contributed by atoms with van der Waals surface area (Å²) in [5.41, 5.74) is 22.5. The third kappa shape index (κ3) is 9.71. The molecule has 0 radical (unpaired) electrons. The minimum absolute atomic E-state index is 0.0757. The number of hydrogen-bond acceptors (Lipinski definition) is 8. The van der Waals surface area contributed by atoms with E-state index >= 15 is 0 Å². The Labute approximate surface area is 225 Å². The minimum Gasteiger partial charge on any atom is -0.403 e. The van der Waals surface area contributed by atoms with Crippen molar-refractivity contribution in [1.29, 1.82) is 0 Å². The van der Waals surface area contributed by atoms with Gasteiger partial charge in [-0.2, -0.15) is 4.39 Å². The maximum atomic E-state index is 14.4. The number of aromatic nitrogens is 1. The van der Waals surface area contributed by atoms with Gasteiger partial charge in [-0.1, -0.05) is 43.0 Å². The average molecular weight is 529 g/mol. The molecule has 1 fully saturated rings. The molecule has 10 heteroatoms. The van der Waals surface area contributed by atoms with Crippen molar-refractivity contribution in [1.82, 2.24) is 20.6 Å². The molecule has 3 rings (SSSR count). The SMILES string of the molecule is C=C.C=C(N[C@@H](c1cccc(CNN)c1)c1ccc(CN)c(F)n1)C1C[C@@H](F)CN1C.C=CC/C(N)=C/N. The van der Waals surface area contributed by atoms with E-state index in [4.69, 9.17) is 23.0 Å². The lowest BCUT2D eigenvalue weighted by atomic mass is 9.99. The first-order chi connectivity index (χ1) is 18.2. The Morgan fingerprint density at radius 3 is 2.50 bits per heavy atom. The van der Waals surface area contributed by atoms with E-state index < -0.39 is 18.2 Å². The molecule has 2 aromatic rings. The van der Waals surface area contributed by atoms with Gasteiger partial charge in [-0.25, -0.2) is 9.37 Å². The predicted octanol–water partition coefficient (Wildman–Crippen LogP) is 3.00. The van der Waals surface area contributed by atoms with Gasteiger partial charge in [0.1, 0.15) is 6.17 Å². The van der Waals surface area contributed by atoms with E-state index in [0.717, 1.165) is 11.1 Å². The smallest absolute Gasteiger partial charge is 0.217 e. The first kappa shape index (κ1) is 32.5. The molecule has 0 aliphatic carbocycles. The topological polar surface area (TPSA) is 144 Å². The zero-order chi connectivity index (χ0) is 28.7. The van der Waals surface area contributed by atoms with Gasteiger partial charge >= 0.3 is 0 Å². The summed E-state index contributed by atoms with van der Waals surface area (Å²) >= 11 is 0. The first-order valence-electron chi connectivity index (χ1n) is 12.2. The minimum atomic E-state index is -0.889. The number of nitrogens with one attached hydrogen (secondary N) is 2. The summed E-state index contributed by atoms with van der Waals surface area (Å²) < 4.78 is 28.2. The third-order valence-corrected chi connectivity index (χ3v) is 5.88. The highest BCUT2D eigenvalue weighted by molar-refractivity contribution is 5.34. The second-order valence-corrected chi connectivity index (χ2v) is 8.64. The van der Waals surface area contributed by atoms with Crippen LogP contribution in [0.1, 0.15) is 41.3 Å². The van der Waals surface area contributed by atoms with Crippen LogP contribution in [0.15, 0.2) is 86.4 Å². The van der Waals surface area contributed by atoms with Crippen LogP contribution in [0.3, 0.4) is 0 Å². The summed E-state index contributed by atoms with van der Waals surface area (Å²) in [4.78, 5) is 6.06. The predicted molar refractivity (Wildman–Crippen MR) is 152 cm³/mol. The van der Waals surface area contributed by atoms with Crippen molar-refractivity contribution in [2.45, 2.75) is 44.2 Å². The molecule has 1 aliphatic rings. The number of likely N-dealkylation sites (N-methyl/N-ethyl adjacent to an activating group) is 1. The lowest BCUT2D eigenvalue weighted by molar-refractivity contribution is 0.304. The summed E-state index contributed by atoms with van der Waals surface area (Å²) in [5, 5.41) is 3.36. The van der Waals surface area contributed by atoms with Gasteiger partial charge in [-0.3, -0.25) is 16.2 Å². The van der Waals surface area contributed by atoms with Crippen molar-refractivity contribution < 1.29 is 8.78 Å². The summed E-state index contributed by atoms with van der Waals surface area (Å²) in [6, 6.07) is 10.5. The van der Waals surface area contributed by atoms with Gasteiger partial charge in [-0.05, 0) is 24.2 Å². The number of allylic oxidation sites excluding steroid dienone is 1. The highest BCUT2D eigenvalue weighted by atomic mass is 19.1. The second-order valence-electron chi connectivity index (χ2n) is 8.64. The van der Waals surface area contributed by atoms with Crippen molar-refractivity contribution in [3.8, 4) is 0 Å².